The minimum atomic E-state index is -0.213. The number of benzene rings is 4. The van der Waals surface area contributed by atoms with Crippen LogP contribution in [-0.2, 0) is 4.79 Å². The van der Waals surface area contributed by atoms with Crippen LogP contribution in [0.4, 0.5) is 17.1 Å². The number of amides is 3. The van der Waals surface area contributed by atoms with Crippen LogP contribution in [0.1, 0.15) is 27.6 Å². The molecule has 0 aromatic heterocycles. The van der Waals surface area contributed by atoms with Gasteiger partial charge in [-0.05, 0) is 53.6 Å². The van der Waals surface area contributed by atoms with Gasteiger partial charge >= 0.3 is 0 Å². The molecule has 5 rings (SSSR count). The molecule has 0 spiro atoms. The van der Waals surface area contributed by atoms with Crippen molar-refractivity contribution in [2.45, 2.75) is 6.92 Å². The summed E-state index contributed by atoms with van der Waals surface area (Å²) >= 11 is 0. The topological polar surface area (TPSA) is 73.0 Å². The molecule has 40 heavy (non-hydrogen) atoms. The highest BCUT2D eigenvalue weighted by Crippen LogP contribution is 2.31. The van der Waals surface area contributed by atoms with Crippen LogP contribution in [0, 0.1) is 0 Å². The minimum Gasteiger partial charge on any atom is -0.366 e. The number of piperazine rings is 1. The second-order valence-electron chi connectivity index (χ2n) is 9.79. The van der Waals surface area contributed by atoms with E-state index in [4.69, 9.17) is 0 Å². The fourth-order valence-electron chi connectivity index (χ4n) is 5.03. The second kappa shape index (κ2) is 11.9. The first-order chi connectivity index (χ1) is 19.4. The fourth-order valence-corrected chi connectivity index (χ4v) is 5.03. The molecule has 202 valence electrons. The molecule has 0 saturated carbocycles. The average Bonchev–Trinajstić information content (AvgIpc) is 3.01. The van der Waals surface area contributed by atoms with E-state index in [9.17, 15) is 14.4 Å². The zero-order chi connectivity index (χ0) is 28.1. The van der Waals surface area contributed by atoms with Crippen LogP contribution in [0.25, 0.3) is 11.1 Å². The van der Waals surface area contributed by atoms with Crippen molar-refractivity contribution in [1.82, 2.24) is 4.90 Å². The number of hydrogen-bond donors (Lipinski definition) is 1. The highest BCUT2D eigenvalue weighted by atomic mass is 16.2. The molecule has 0 atom stereocenters. The summed E-state index contributed by atoms with van der Waals surface area (Å²) in [5.41, 5.74) is 5.29. The Bertz CT molecular complexity index is 1510. The number of carbonyl (C=O) groups excluding carboxylic acids is 3. The predicted molar refractivity (Wildman–Crippen MR) is 160 cm³/mol. The van der Waals surface area contributed by atoms with E-state index in [-0.39, 0.29) is 17.7 Å². The zero-order valence-corrected chi connectivity index (χ0v) is 22.7. The Labute approximate surface area is 234 Å². The van der Waals surface area contributed by atoms with Crippen LogP contribution < -0.4 is 15.1 Å². The summed E-state index contributed by atoms with van der Waals surface area (Å²) in [6.45, 7) is 4.33. The van der Waals surface area contributed by atoms with Crippen LogP contribution in [0.2, 0.25) is 0 Å². The molecule has 3 amide bonds. The van der Waals surface area contributed by atoms with Crippen LogP contribution >= 0.6 is 0 Å². The maximum Gasteiger partial charge on any atom is 0.258 e. The van der Waals surface area contributed by atoms with Crippen LogP contribution in [0.5, 0.6) is 0 Å². The van der Waals surface area contributed by atoms with Gasteiger partial charge in [-0.3, -0.25) is 14.4 Å². The number of para-hydroxylation sites is 2. The SMILES string of the molecule is CC(=O)N1CCN(c2ccccc2N(C)C(=O)c2ccc(NC(=O)c3ccccc3-c3ccccc3)cc2)CC1. The van der Waals surface area contributed by atoms with Gasteiger partial charge in [0, 0.05) is 57.0 Å². The van der Waals surface area contributed by atoms with Crippen LogP contribution in [0.15, 0.2) is 103 Å². The van der Waals surface area contributed by atoms with E-state index in [0.29, 0.717) is 43.0 Å². The predicted octanol–water partition coefficient (Wildman–Crippen LogP) is 5.55. The van der Waals surface area contributed by atoms with E-state index < -0.39 is 0 Å². The number of nitrogens with zero attached hydrogens (tertiary/aromatic N) is 3. The second-order valence-corrected chi connectivity index (χ2v) is 9.79. The van der Waals surface area contributed by atoms with Crippen molar-refractivity contribution in [3.05, 3.63) is 114 Å². The number of carbonyl (C=O) groups is 3. The fraction of sp³-hybridized carbons (Fsp3) is 0.182. The Morgan fingerprint density at radius 1 is 0.725 bits per heavy atom. The smallest absolute Gasteiger partial charge is 0.258 e. The summed E-state index contributed by atoms with van der Waals surface area (Å²) in [5, 5.41) is 2.96. The lowest BCUT2D eigenvalue weighted by Crippen LogP contribution is -2.48. The van der Waals surface area contributed by atoms with E-state index in [1.165, 1.54) is 0 Å². The molecular formula is C33H32N4O3. The van der Waals surface area contributed by atoms with Crippen LogP contribution in [0.3, 0.4) is 0 Å². The summed E-state index contributed by atoms with van der Waals surface area (Å²) in [7, 11) is 1.77. The van der Waals surface area contributed by atoms with Crippen molar-refractivity contribution in [2.24, 2.45) is 0 Å². The third-order valence-corrected chi connectivity index (χ3v) is 7.26. The maximum absolute atomic E-state index is 13.4. The molecule has 0 radical (unpaired) electrons. The number of hydrogen-bond acceptors (Lipinski definition) is 4. The quantitative estimate of drug-likeness (QED) is 0.353. The summed E-state index contributed by atoms with van der Waals surface area (Å²) in [6, 6.07) is 32.1. The van der Waals surface area contributed by atoms with E-state index in [1.807, 2.05) is 83.8 Å². The molecule has 1 N–H and O–H groups in total. The van der Waals surface area contributed by atoms with E-state index in [1.54, 1.807) is 43.1 Å². The molecule has 0 unspecified atom stereocenters. The van der Waals surface area contributed by atoms with E-state index in [0.717, 1.165) is 22.5 Å². The maximum atomic E-state index is 13.4. The zero-order valence-electron chi connectivity index (χ0n) is 22.7. The first-order valence-electron chi connectivity index (χ1n) is 13.4. The van der Waals surface area contributed by atoms with Gasteiger partial charge in [0.25, 0.3) is 11.8 Å². The molecule has 4 aromatic carbocycles. The van der Waals surface area contributed by atoms with Crippen molar-refractivity contribution in [3.63, 3.8) is 0 Å². The molecule has 1 saturated heterocycles. The van der Waals surface area contributed by atoms with Crippen molar-refractivity contribution >= 4 is 34.8 Å². The van der Waals surface area contributed by atoms with Crippen LogP contribution in [-0.4, -0.2) is 55.8 Å². The Morgan fingerprint density at radius 2 is 1.35 bits per heavy atom. The monoisotopic (exact) mass is 532 g/mol. The van der Waals surface area contributed by atoms with E-state index in [2.05, 4.69) is 10.2 Å². The van der Waals surface area contributed by atoms with E-state index >= 15 is 0 Å². The number of rotatable bonds is 6. The molecule has 1 fully saturated rings. The third-order valence-electron chi connectivity index (χ3n) is 7.26. The van der Waals surface area contributed by atoms with Gasteiger partial charge in [0.2, 0.25) is 5.91 Å². The highest BCUT2D eigenvalue weighted by Gasteiger charge is 2.23. The molecule has 4 aromatic rings. The van der Waals surface area contributed by atoms with Crippen molar-refractivity contribution < 1.29 is 14.4 Å². The standard InChI is InChI=1S/C33H32N4O3/c1-24(38)36-20-22-37(23-21-36)31-15-9-8-14-30(31)35(2)33(40)26-16-18-27(19-17-26)34-32(39)29-13-7-6-12-28(29)25-10-4-3-5-11-25/h3-19H,20-23H2,1-2H3,(H,34,39). The van der Waals surface area contributed by atoms with Crippen molar-refractivity contribution in [1.29, 1.82) is 0 Å². The molecule has 1 aliphatic heterocycles. The number of anilines is 3. The Hall–Kier alpha value is -4.91. The summed E-state index contributed by atoms with van der Waals surface area (Å²) < 4.78 is 0. The van der Waals surface area contributed by atoms with Gasteiger partial charge in [-0.2, -0.15) is 0 Å². The Balaban J connectivity index is 1.29. The van der Waals surface area contributed by atoms with Gasteiger partial charge in [-0.25, -0.2) is 0 Å². The van der Waals surface area contributed by atoms with Gasteiger partial charge in [-0.1, -0.05) is 60.7 Å². The molecule has 1 aliphatic rings. The largest absolute Gasteiger partial charge is 0.366 e. The molecule has 0 bridgehead atoms. The lowest BCUT2D eigenvalue weighted by Gasteiger charge is -2.37. The summed E-state index contributed by atoms with van der Waals surface area (Å²) in [4.78, 5) is 44.0. The minimum absolute atomic E-state index is 0.0836. The lowest BCUT2D eigenvalue weighted by molar-refractivity contribution is -0.129. The van der Waals surface area contributed by atoms with Crippen molar-refractivity contribution in [3.8, 4) is 11.1 Å². The first kappa shape index (κ1) is 26.7. The molecule has 1 heterocycles. The van der Waals surface area contributed by atoms with Gasteiger partial charge in [0.15, 0.2) is 0 Å². The average molecular weight is 533 g/mol. The summed E-state index contributed by atoms with van der Waals surface area (Å²) in [6.07, 6.45) is 0. The van der Waals surface area contributed by atoms with Crippen molar-refractivity contribution in [2.75, 3.05) is 48.3 Å². The van der Waals surface area contributed by atoms with Gasteiger partial charge < -0.3 is 20.0 Å². The Kier molecular flexibility index (Phi) is 7.92. The molecule has 7 heteroatoms. The lowest BCUT2D eigenvalue weighted by atomic mass is 9.99. The summed E-state index contributed by atoms with van der Waals surface area (Å²) in [5.74, 6) is -0.281. The highest BCUT2D eigenvalue weighted by molar-refractivity contribution is 6.10. The third kappa shape index (κ3) is 5.73. The Morgan fingerprint density at radius 3 is 2.05 bits per heavy atom. The van der Waals surface area contributed by atoms with Gasteiger partial charge in [0.1, 0.15) is 0 Å². The number of nitrogens with one attached hydrogen (secondary N) is 1. The molecule has 0 aliphatic carbocycles. The normalized spacial score (nSPS) is 13.1. The molecular weight excluding hydrogens is 500 g/mol. The molecule has 7 nitrogen and oxygen atoms in total. The van der Waals surface area contributed by atoms with Gasteiger partial charge in [0.05, 0.1) is 11.4 Å². The first-order valence-corrected chi connectivity index (χ1v) is 13.4. The van der Waals surface area contributed by atoms with Gasteiger partial charge in [-0.15, -0.1) is 0 Å².